The van der Waals surface area contributed by atoms with Gasteiger partial charge in [0.05, 0.1) is 31.1 Å². The number of aryl methyl sites for hydroxylation is 1. The maximum absolute atomic E-state index is 6.10. The number of nitrogens with zero attached hydrogens (tertiary/aromatic N) is 5. The Labute approximate surface area is 195 Å². The molecule has 3 aromatic heterocycles. The van der Waals surface area contributed by atoms with Crippen LogP contribution < -0.4 is 10.2 Å². The summed E-state index contributed by atoms with van der Waals surface area (Å²) in [4.78, 5) is 11.9. The number of anilines is 3. The molecule has 6 rings (SSSR count). The number of morpholine rings is 1. The molecule has 0 bridgehead atoms. The van der Waals surface area contributed by atoms with Gasteiger partial charge in [0, 0.05) is 40.4 Å². The molecule has 0 amide bonds. The van der Waals surface area contributed by atoms with Gasteiger partial charge in [-0.3, -0.25) is 9.50 Å². The van der Waals surface area contributed by atoms with Crippen molar-refractivity contribution in [2.45, 2.75) is 6.92 Å². The molecule has 166 valence electrons. The highest BCUT2D eigenvalue weighted by Gasteiger charge is 2.19. The van der Waals surface area contributed by atoms with Crippen molar-refractivity contribution in [3.05, 3.63) is 65.6 Å². The summed E-state index contributed by atoms with van der Waals surface area (Å²) >= 11 is 6.10. The average molecular weight is 460 g/mol. The Kier molecular flexibility index (Phi) is 4.89. The molecule has 4 heterocycles. The van der Waals surface area contributed by atoms with E-state index >= 15 is 0 Å². The number of hydrogen-bond donors (Lipinski definition) is 2. The van der Waals surface area contributed by atoms with Crippen LogP contribution in [0.15, 0.2) is 54.9 Å². The van der Waals surface area contributed by atoms with E-state index in [4.69, 9.17) is 21.3 Å². The van der Waals surface area contributed by atoms with E-state index in [1.165, 1.54) is 0 Å². The second-order valence-electron chi connectivity index (χ2n) is 8.09. The minimum atomic E-state index is 0.693. The fourth-order valence-electron chi connectivity index (χ4n) is 4.18. The lowest BCUT2D eigenvalue weighted by Crippen LogP contribution is -2.36. The van der Waals surface area contributed by atoms with Crippen LogP contribution in [0.5, 0.6) is 0 Å². The highest BCUT2D eigenvalue weighted by molar-refractivity contribution is 6.30. The van der Waals surface area contributed by atoms with Crippen LogP contribution in [0.2, 0.25) is 5.02 Å². The number of rotatable bonds is 4. The first kappa shape index (κ1) is 20.0. The summed E-state index contributed by atoms with van der Waals surface area (Å²) in [6.07, 6.45) is 3.86. The van der Waals surface area contributed by atoms with Crippen LogP contribution in [0, 0.1) is 6.92 Å². The molecule has 0 saturated carbocycles. The number of nitrogens with one attached hydrogen (secondary N) is 2. The van der Waals surface area contributed by atoms with E-state index in [1.807, 2.05) is 55.7 Å². The number of benzene rings is 2. The minimum absolute atomic E-state index is 0.693. The van der Waals surface area contributed by atoms with E-state index in [2.05, 4.69) is 35.9 Å². The summed E-state index contributed by atoms with van der Waals surface area (Å²) in [6.45, 7) is 5.06. The highest BCUT2D eigenvalue weighted by atomic mass is 35.5. The van der Waals surface area contributed by atoms with Crippen molar-refractivity contribution in [1.82, 2.24) is 24.6 Å². The number of halogens is 1. The van der Waals surface area contributed by atoms with Gasteiger partial charge in [0.1, 0.15) is 17.3 Å². The van der Waals surface area contributed by atoms with Gasteiger partial charge in [-0.25, -0.2) is 9.97 Å². The molecule has 1 fully saturated rings. The first-order chi connectivity index (χ1) is 16.2. The molecule has 0 radical (unpaired) electrons. The zero-order valence-corrected chi connectivity index (χ0v) is 18.8. The van der Waals surface area contributed by atoms with Gasteiger partial charge in [0.25, 0.3) is 0 Å². The Morgan fingerprint density at radius 2 is 1.91 bits per heavy atom. The normalized spacial score (nSPS) is 14.3. The monoisotopic (exact) mass is 459 g/mol. The fraction of sp³-hybridized carbons (Fsp3) is 0.208. The lowest BCUT2D eigenvalue weighted by Gasteiger charge is -2.27. The molecule has 0 atom stereocenters. The third-order valence-corrected chi connectivity index (χ3v) is 6.21. The summed E-state index contributed by atoms with van der Waals surface area (Å²) < 4.78 is 7.57. The van der Waals surface area contributed by atoms with Crippen molar-refractivity contribution in [2.75, 3.05) is 36.5 Å². The lowest BCUT2D eigenvalue weighted by molar-refractivity contribution is 0.122. The largest absolute Gasteiger partial charge is 0.378 e. The average Bonchev–Trinajstić information content (AvgIpc) is 3.41. The maximum atomic E-state index is 6.10. The first-order valence-electron chi connectivity index (χ1n) is 10.8. The molecule has 0 spiro atoms. The molecule has 1 aliphatic rings. The second kappa shape index (κ2) is 8.06. The molecular formula is C24H22ClN7O. The summed E-state index contributed by atoms with van der Waals surface area (Å²) in [5.74, 6) is 1.76. The van der Waals surface area contributed by atoms with Crippen molar-refractivity contribution in [1.29, 1.82) is 0 Å². The van der Waals surface area contributed by atoms with Gasteiger partial charge in [0.15, 0.2) is 5.65 Å². The van der Waals surface area contributed by atoms with E-state index in [1.54, 1.807) is 0 Å². The van der Waals surface area contributed by atoms with Crippen LogP contribution in [0.25, 0.3) is 27.8 Å². The van der Waals surface area contributed by atoms with Crippen LogP contribution in [-0.2, 0) is 4.74 Å². The Morgan fingerprint density at radius 3 is 2.73 bits per heavy atom. The number of aromatic nitrogens is 5. The topological polar surface area (TPSA) is 83.4 Å². The Morgan fingerprint density at radius 1 is 1.09 bits per heavy atom. The predicted molar refractivity (Wildman–Crippen MR) is 131 cm³/mol. The van der Waals surface area contributed by atoms with Gasteiger partial charge in [-0.15, -0.1) is 0 Å². The molecule has 1 aliphatic heterocycles. The van der Waals surface area contributed by atoms with Crippen molar-refractivity contribution in [2.24, 2.45) is 0 Å². The Bertz CT molecular complexity index is 1450. The molecule has 8 nitrogen and oxygen atoms in total. The number of ether oxygens (including phenoxy) is 1. The summed E-state index contributed by atoms with van der Waals surface area (Å²) in [5, 5.41) is 12.7. The number of imidazole rings is 1. The number of fused-ring (bicyclic) bond motifs is 2. The number of H-pyrrole nitrogens is 1. The smallest absolute Gasteiger partial charge is 0.157 e. The molecule has 5 aromatic rings. The SMILES string of the molecule is Cc1[nH]nc2ccc(-c3nc4cnc(N5CCOCC5)cn4c3Nc3ccc(Cl)cc3)cc12. The molecule has 9 heteroatoms. The molecular weight excluding hydrogens is 438 g/mol. The fourth-order valence-corrected chi connectivity index (χ4v) is 4.30. The minimum Gasteiger partial charge on any atom is -0.378 e. The van der Waals surface area contributed by atoms with E-state index in [-0.39, 0.29) is 0 Å². The predicted octanol–water partition coefficient (Wildman–Crippen LogP) is 4.81. The zero-order chi connectivity index (χ0) is 22.4. The van der Waals surface area contributed by atoms with Gasteiger partial charge >= 0.3 is 0 Å². The van der Waals surface area contributed by atoms with E-state index in [0.717, 1.165) is 63.9 Å². The van der Waals surface area contributed by atoms with Crippen molar-refractivity contribution < 1.29 is 4.74 Å². The quantitative estimate of drug-likeness (QED) is 0.401. The van der Waals surface area contributed by atoms with E-state index in [0.29, 0.717) is 18.2 Å². The summed E-state index contributed by atoms with van der Waals surface area (Å²) in [6, 6.07) is 13.8. The van der Waals surface area contributed by atoms with Gasteiger partial charge in [-0.1, -0.05) is 17.7 Å². The summed E-state index contributed by atoms with van der Waals surface area (Å²) in [5.41, 5.74) is 5.49. The number of hydrogen-bond acceptors (Lipinski definition) is 6. The lowest BCUT2D eigenvalue weighted by atomic mass is 10.1. The standard InChI is InChI=1S/C24H22ClN7O/c1-15-19-12-16(2-7-20(19)30-29-15)23-24(27-18-5-3-17(25)4-6-18)32-14-22(26-13-21(32)28-23)31-8-10-33-11-9-31/h2-7,12-14,27H,8-11H2,1H3,(H,29,30). The van der Waals surface area contributed by atoms with Crippen molar-refractivity contribution in [3.63, 3.8) is 0 Å². The molecule has 33 heavy (non-hydrogen) atoms. The summed E-state index contributed by atoms with van der Waals surface area (Å²) in [7, 11) is 0. The van der Waals surface area contributed by atoms with Gasteiger partial charge < -0.3 is 15.0 Å². The second-order valence-corrected chi connectivity index (χ2v) is 8.53. The molecule has 2 N–H and O–H groups in total. The Hall–Kier alpha value is -3.62. The highest BCUT2D eigenvalue weighted by Crippen LogP contribution is 2.34. The van der Waals surface area contributed by atoms with Crippen molar-refractivity contribution in [3.8, 4) is 11.3 Å². The zero-order valence-electron chi connectivity index (χ0n) is 18.0. The molecule has 0 unspecified atom stereocenters. The maximum Gasteiger partial charge on any atom is 0.157 e. The third kappa shape index (κ3) is 3.67. The van der Waals surface area contributed by atoms with Crippen LogP contribution in [0.4, 0.5) is 17.3 Å². The van der Waals surface area contributed by atoms with E-state index in [9.17, 15) is 0 Å². The third-order valence-electron chi connectivity index (χ3n) is 5.96. The molecule has 0 aliphatic carbocycles. The number of aromatic amines is 1. The molecule has 1 saturated heterocycles. The molecule has 2 aromatic carbocycles. The first-order valence-corrected chi connectivity index (χ1v) is 11.2. The van der Waals surface area contributed by atoms with E-state index < -0.39 is 0 Å². The van der Waals surface area contributed by atoms with Crippen LogP contribution in [0.3, 0.4) is 0 Å². The van der Waals surface area contributed by atoms with Crippen LogP contribution in [-0.4, -0.2) is 50.9 Å². The van der Waals surface area contributed by atoms with Gasteiger partial charge in [0.2, 0.25) is 0 Å². The van der Waals surface area contributed by atoms with Gasteiger partial charge in [-0.2, -0.15) is 5.10 Å². The van der Waals surface area contributed by atoms with Crippen molar-refractivity contribution >= 4 is 45.5 Å². The van der Waals surface area contributed by atoms with Crippen LogP contribution in [0.1, 0.15) is 5.69 Å². The Balaban J connectivity index is 1.51. The van der Waals surface area contributed by atoms with Gasteiger partial charge in [-0.05, 0) is 43.3 Å². The van der Waals surface area contributed by atoms with Crippen LogP contribution >= 0.6 is 11.6 Å².